The molecule has 0 unspecified atom stereocenters. The lowest BCUT2D eigenvalue weighted by Crippen LogP contribution is -2.31. The second-order valence-corrected chi connectivity index (χ2v) is 4.69. The molecule has 2 rings (SSSR count). The number of hydrazine groups is 1. The average Bonchev–Trinajstić information content (AvgIpc) is 3.22. The van der Waals surface area contributed by atoms with Gasteiger partial charge in [-0.25, -0.2) is 10.8 Å². The third-order valence-electron chi connectivity index (χ3n) is 3.11. The highest BCUT2D eigenvalue weighted by Gasteiger charge is 2.28. The van der Waals surface area contributed by atoms with Crippen molar-refractivity contribution in [3.8, 4) is 0 Å². The number of hydrogen-bond acceptors (Lipinski definition) is 4. The van der Waals surface area contributed by atoms with Gasteiger partial charge in [0, 0.05) is 12.6 Å². The number of nitrogens with two attached hydrogens (primary N) is 1. The zero-order valence-electron chi connectivity index (χ0n) is 10.7. The van der Waals surface area contributed by atoms with E-state index >= 15 is 0 Å². The maximum Gasteiger partial charge on any atom is 0.283 e. The van der Waals surface area contributed by atoms with Gasteiger partial charge in [0.2, 0.25) is 0 Å². The molecule has 1 fully saturated rings. The minimum Gasteiger partial charge on any atom is -0.295 e. The first-order valence-corrected chi connectivity index (χ1v) is 6.45. The summed E-state index contributed by atoms with van der Waals surface area (Å²) in [5, 5.41) is 0. The Morgan fingerprint density at radius 2 is 2.33 bits per heavy atom. The number of amides is 1. The standard InChI is InChI=1S/C13H20N4O/c1-2-8-17(11-6-7-11)9-10-4-3-5-12(15-10)13(18)16-14/h3-5,11H,2,6-9,14H2,1H3,(H,16,18). The van der Waals surface area contributed by atoms with Gasteiger partial charge in [0.15, 0.2) is 0 Å². The number of rotatable bonds is 6. The number of nitrogens with one attached hydrogen (secondary N) is 1. The fraction of sp³-hybridized carbons (Fsp3) is 0.538. The molecule has 0 bridgehead atoms. The van der Waals surface area contributed by atoms with Crippen LogP contribution in [0.1, 0.15) is 42.4 Å². The van der Waals surface area contributed by atoms with Crippen molar-refractivity contribution in [2.45, 2.75) is 38.8 Å². The Morgan fingerprint density at radius 3 is 2.94 bits per heavy atom. The number of pyridine rings is 1. The molecule has 0 saturated heterocycles. The first-order chi connectivity index (χ1) is 8.74. The monoisotopic (exact) mass is 248 g/mol. The van der Waals surface area contributed by atoms with Gasteiger partial charge in [-0.1, -0.05) is 13.0 Å². The Kier molecular flexibility index (Phi) is 4.28. The van der Waals surface area contributed by atoms with Gasteiger partial charge >= 0.3 is 0 Å². The minimum absolute atomic E-state index is 0.342. The summed E-state index contributed by atoms with van der Waals surface area (Å²) in [5.41, 5.74) is 3.41. The lowest BCUT2D eigenvalue weighted by molar-refractivity contribution is 0.0948. The van der Waals surface area contributed by atoms with Gasteiger partial charge in [0.05, 0.1) is 5.69 Å². The van der Waals surface area contributed by atoms with E-state index in [1.54, 1.807) is 6.07 Å². The molecule has 0 aliphatic heterocycles. The summed E-state index contributed by atoms with van der Waals surface area (Å²) in [6.07, 6.45) is 3.70. The zero-order valence-corrected chi connectivity index (χ0v) is 10.7. The lowest BCUT2D eigenvalue weighted by atomic mass is 10.2. The molecule has 18 heavy (non-hydrogen) atoms. The first kappa shape index (κ1) is 13.0. The fourth-order valence-corrected chi connectivity index (χ4v) is 2.09. The molecule has 1 aromatic heterocycles. The summed E-state index contributed by atoms with van der Waals surface area (Å²) < 4.78 is 0. The second kappa shape index (κ2) is 5.93. The van der Waals surface area contributed by atoms with Crippen molar-refractivity contribution in [2.75, 3.05) is 6.54 Å². The smallest absolute Gasteiger partial charge is 0.283 e. The van der Waals surface area contributed by atoms with Crippen LogP contribution in [0.2, 0.25) is 0 Å². The van der Waals surface area contributed by atoms with E-state index in [0.717, 1.165) is 25.2 Å². The Labute approximate surface area is 107 Å². The van der Waals surface area contributed by atoms with Gasteiger partial charge < -0.3 is 0 Å². The molecule has 1 saturated carbocycles. The normalized spacial score (nSPS) is 14.8. The second-order valence-electron chi connectivity index (χ2n) is 4.69. The van der Waals surface area contributed by atoms with Crippen LogP contribution in [0.25, 0.3) is 0 Å². The Balaban J connectivity index is 2.05. The summed E-state index contributed by atoms with van der Waals surface area (Å²) in [6, 6.07) is 6.19. The van der Waals surface area contributed by atoms with Crippen LogP contribution in [-0.2, 0) is 6.54 Å². The third-order valence-corrected chi connectivity index (χ3v) is 3.11. The van der Waals surface area contributed by atoms with Crippen LogP contribution in [0, 0.1) is 0 Å². The molecule has 1 amide bonds. The van der Waals surface area contributed by atoms with Crippen LogP contribution in [-0.4, -0.2) is 28.4 Å². The van der Waals surface area contributed by atoms with Gasteiger partial charge in [0.25, 0.3) is 5.91 Å². The fourth-order valence-electron chi connectivity index (χ4n) is 2.09. The molecule has 3 N–H and O–H groups in total. The zero-order chi connectivity index (χ0) is 13.0. The SMILES string of the molecule is CCCN(Cc1cccc(C(=O)NN)n1)C1CC1. The summed E-state index contributed by atoms with van der Waals surface area (Å²) in [7, 11) is 0. The molecule has 98 valence electrons. The van der Waals surface area contributed by atoms with Crippen molar-refractivity contribution in [1.29, 1.82) is 0 Å². The number of carbonyl (C=O) groups excluding carboxylic acids is 1. The summed E-state index contributed by atoms with van der Waals surface area (Å²) in [5.74, 6) is 4.77. The van der Waals surface area contributed by atoms with E-state index in [4.69, 9.17) is 5.84 Å². The summed E-state index contributed by atoms with van der Waals surface area (Å²) >= 11 is 0. The number of nitrogens with zero attached hydrogens (tertiary/aromatic N) is 2. The van der Waals surface area contributed by atoms with Gasteiger partial charge in [-0.15, -0.1) is 0 Å². The van der Waals surface area contributed by atoms with Crippen LogP contribution >= 0.6 is 0 Å². The highest BCUT2D eigenvalue weighted by atomic mass is 16.2. The molecule has 1 aromatic rings. The predicted molar refractivity (Wildman–Crippen MR) is 69.6 cm³/mol. The van der Waals surface area contributed by atoms with Crippen molar-refractivity contribution in [1.82, 2.24) is 15.3 Å². The van der Waals surface area contributed by atoms with E-state index < -0.39 is 0 Å². The highest BCUT2D eigenvalue weighted by Crippen LogP contribution is 2.28. The van der Waals surface area contributed by atoms with Gasteiger partial charge in [-0.3, -0.25) is 15.1 Å². The predicted octanol–water partition coefficient (Wildman–Crippen LogP) is 1.06. The van der Waals surface area contributed by atoms with E-state index in [1.807, 2.05) is 12.1 Å². The number of carbonyl (C=O) groups is 1. The topological polar surface area (TPSA) is 71.2 Å². The maximum absolute atomic E-state index is 11.4. The summed E-state index contributed by atoms with van der Waals surface area (Å²) in [6.45, 7) is 4.07. The number of aromatic nitrogens is 1. The molecular formula is C13H20N4O. The van der Waals surface area contributed by atoms with Gasteiger partial charge in [-0.05, 0) is 37.9 Å². The molecule has 1 aliphatic rings. The van der Waals surface area contributed by atoms with E-state index in [0.29, 0.717) is 11.7 Å². The van der Waals surface area contributed by atoms with Crippen molar-refractivity contribution >= 4 is 5.91 Å². The molecule has 0 spiro atoms. The molecule has 1 aliphatic carbocycles. The van der Waals surface area contributed by atoms with E-state index in [1.165, 1.54) is 12.8 Å². The van der Waals surface area contributed by atoms with Crippen LogP contribution < -0.4 is 11.3 Å². The third kappa shape index (κ3) is 3.27. The van der Waals surface area contributed by atoms with Crippen molar-refractivity contribution in [3.63, 3.8) is 0 Å². The summed E-state index contributed by atoms with van der Waals surface area (Å²) in [4.78, 5) is 18.2. The Bertz CT molecular complexity index is 417. The molecule has 1 heterocycles. The van der Waals surface area contributed by atoms with E-state index in [9.17, 15) is 4.79 Å². The largest absolute Gasteiger partial charge is 0.295 e. The molecule has 5 heteroatoms. The highest BCUT2D eigenvalue weighted by molar-refractivity contribution is 5.91. The van der Waals surface area contributed by atoms with Crippen molar-refractivity contribution in [3.05, 3.63) is 29.6 Å². The number of nitrogen functional groups attached to an aromatic ring is 1. The van der Waals surface area contributed by atoms with Crippen LogP contribution in [0.4, 0.5) is 0 Å². The van der Waals surface area contributed by atoms with E-state index in [2.05, 4.69) is 22.2 Å². The Morgan fingerprint density at radius 1 is 1.56 bits per heavy atom. The lowest BCUT2D eigenvalue weighted by Gasteiger charge is -2.20. The van der Waals surface area contributed by atoms with Crippen molar-refractivity contribution in [2.24, 2.45) is 5.84 Å². The quantitative estimate of drug-likeness (QED) is 0.448. The Hall–Kier alpha value is -1.46. The average molecular weight is 248 g/mol. The minimum atomic E-state index is -0.342. The van der Waals surface area contributed by atoms with Gasteiger partial charge in [0.1, 0.15) is 5.69 Å². The van der Waals surface area contributed by atoms with Crippen LogP contribution in [0.3, 0.4) is 0 Å². The van der Waals surface area contributed by atoms with Crippen LogP contribution in [0.5, 0.6) is 0 Å². The van der Waals surface area contributed by atoms with Crippen LogP contribution in [0.15, 0.2) is 18.2 Å². The molecular weight excluding hydrogens is 228 g/mol. The molecule has 5 nitrogen and oxygen atoms in total. The van der Waals surface area contributed by atoms with Gasteiger partial charge in [-0.2, -0.15) is 0 Å². The molecule has 0 aromatic carbocycles. The number of hydrogen-bond donors (Lipinski definition) is 2. The first-order valence-electron chi connectivity index (χ1n) is 6.45. The molecule has 0 atom stereocenters. The molecule has 0 radical (unpaired) electrons. The van der Waals surface area contributed by atoms with E-state index in [-0.39, 0.29) is 5.91 Å². The maximum atomic E-state index is 11.4. The van der Waals surface area contributed by atoms with Crippen molar-refractivity contribution < 1.29 is 4.79 Å².